The van der Waals surface area contributed by atoms with E-state index in [1.165, 1.54) is 0 Å². The first kappa shape index (κ1) is 22.5. The normalized spacial score (nSPS) is 21.3. The van der Waals surface area contributed by atoms with E-state index in [9.17, 15) is 19.2 Å². The molecule has 3 heterocycles. The standard InChI is InChI=1S/C23H27N5O5/c1-3-23(17-7-5-4-6-8-17)21(31)28(22(32)24-23)25-19(29)15-26-11-13-27(14-12-26)20(30)18-10-9-16(2)33-18/h4-10H,3,11-15H2,1-2H3,(H,24,32)(H,25,29). The fraction of sp³-hybridized carbons (Fsp3) is 0.391. The first-order valence-electron chi connectivity index (χ1n) is 10.9. The Labute approximate surface area is 191 Å². The van der Waals surface area contributed by atoms with Crippen molar-refractivity contribution in [2.24, 2.45) is 0 Å². The number of benzene rings is 1. The highest BCUT2D eigenvalue weighted by Crippen LogP contribution is 2.31. The zero-order valence-electron chi connectivity index (χ0n) is 18.7. The van der Waals surface area contributed by atoms with Gasteiger partial charge in [0.05, 0.1) is 6.54 Å². The minimum atomic E-state index is -1.21. The molecule has 1 unspecified atom stereocenters. The number of nitrogens with one attached hydrogen (secondary N) is 2. The smallest absolute Gasteiger partial charge is 0.344 e. The van der Waals surface area contributed by atoms with Crippen molar-refractivity contribution in [3.05, 3.63) is 59.5 Å². The minimum Gasteiger partial charge on any atom is -0.456 e. The molecule has 1 aromatic heterocycles. The Hall–Kier alpha value is -3.66. The summed E-state index contributed by atoms with van der Waals surface area (Å²) in [7, 11) is 0. The van der Waals surface area contributed by atoms with E-state index in [0.29, 0.717) is 49.7 Å². The van der Waals surface area contributed by atoms with Crippen LogP contribution in [0.5, 0.6) is 0 Å². The maximum absolute atomic E-state index is 13.1. The predicted octanol–water partition coefficient (Wildman–Crippen LogP) is 1.23. The Kier molecular flexibility index (Phi) is 6.19. The quantitative estimate of drug-likeness (QED) is 0.636. The number of furan rings is 1. The van der Waals surface area contributed by atoms with Crippen molar-refractivity contribution >= 4 is 23.8 Å². The number of urea groups is 1. The molecule has 1 aromatic carbocycles. The first-order chi connectivity index (χ1) is 15.8. The van der Waals surface area contributed by atoms with Gasteiger partial charge < -0.3 is 14.6 Å². The van der Waals surface area contributed by atoms with Gasteiger partial charge in [0.25, 0.3) is 17.7 Å². The molecular weight excluding hydrogens is 426 g/mol. The fourth-order valence-corrected chi connectivity index (χ4v) is 4.22. The van der Waals surface area contributed by atoms with Crippen LogP contribution >= 0.6 is 0 Å². The van der Waals surface area contributed by atoms with E-state index in [1.54, 1.807) is 55.1 Å². The molecular formula is C23H27N5O5. The van der Waals surface area contributed by atoms with Gasteiger partial charge in [-0.25, -0.2) is 4.79 Å². The molecule has 5 amide bonds. The van der Waals surface area contributed by atoms with Crippen molar-refractivity contribution in [1.82, 2.24) is 25.6 Å². The lowest BCUT2D eigenvalue weighted by molar-refractivity contribution is -0.140. The van der Waals surface area contributed by atoms with Crippen LogP contribution in [-0.4, -0.2) is 71.3 Å². The maximum Gasteiger partial charge on any atom is 0.344 e. The number of carbonyl (C=O) groups is 4. The van der Waals surface area contributed by atoms with Gasteiger partial charge in [-0.15, -0.1) is 0 Å². The van der Waals surface area contributed by atoms with Gasteiger partial charge in [-0.3, -0.25) is 24.7 Å². The summed E-state index contributed by atoms with van der Waals surface area (Å²) in [5.74, 6) is -0.189. The van der Waals surface area contributed by atoms with Gasteiger partial charge in [0, 0.05) is 26.2 Å². The third-order valence-electron chi connectivity index (χ3n) is 6.10. The van der Waals surface area contributed by atoms with Crippen LogP contribution in [0.3, 0.4) is 0 Å². The molecule has 0 radical (unpaired) electrons. The molecule has 4 rings (SSSR count). The van der Waals surface area contributed by atoms with Gasteiger partial charge >= 0.3 is 6.03 Å². The average molecular weight is 453 g/mol. The molecule has 0 spiro atoms. The summed E-state index contributed by atoms with van der Waals surface area (Å²) in [5.41, 5.74) is 1.90. The highest BCUT2D eigenvalue weighted by molar-refractivity contribution is 6.08. The molecule has 0 saturated carbocycles. The van der Waals surface area contributed by atoms with Gasteiger partial charge in [-0.1, -0.05) is 37.3 Å². The minimum absolute atomic E-state index is 0.00339. The number of piperazine rings is 1. The van der Waals surface area contributed by atoms with E-state index in [2.05, 4.69) is 10.7 Å². The summed E-state index contributed by atoms with van der Waals surface area (Å²) < 4.78 is 5.40. The molecule has 2 saturated heterocycles. The van der Waals surface area contributed by atoms with E-state index >= 15 is 0 Å². The number of hydrogen-bond donors (Lipinski definition) is 2. The van der Waals surface area contributed by atoms with Crippen molar-refractivity contribution in [3.8, 4) is 0 Å². The third-order valence-corrected chi connectivity index (χ3v) is 6.10. The summed E-state index contributed by atoms with van der Waals surface area (Å²) in [4.78, 5) is 54.3. The van der Waals surface area contributed by atoms with Crippen molar-refractivity contribution < 1.29 is 23.6 Å². The number of amides is 5. The number of nitrogens with zero attached hydrogens (tertiary/aromatic N) is 3. The van der Waals surface area contributed by atoms with Gasteiger partial charge in [0.15, 0.2) is 5.76 Å². The van der Waals surface area contributed by atoms with Gasteiger partial charge in [-0.2, -0.15) is 5.01 Å². The molecule has 10 nitrogen and oxygen atoms in total. The van der Waals surface area contributed by atoms with Crippen molar-refractivity contribution in [2.75, 3.05) is 32.7 Å². The average Bonchev–Trinajstić information content (AvgIpc) is 3.36. The Balaban J connectivity index is 1.32. The van der Waals surface area contributed by atoms with Crippen LogP contribution in [0.15, 0.2) is 46.9 Å². The summed E-state index contributed by atoms with van der Waals surface area (Å²) in [6.45, 7) is 5.46. The molecule has 10 heteroatoms. The lowest BCUT2D eigenvalue weighted by Crippen LogP contribution is -2.54. The van der Waals surface area contributed by atoms with Gasteiger partial charge in [-0.05, 0) is 31.0 Å². The second kappa shape index (κ2) is 9.07. The van der Waals surface area contributed by atoms with Crippen molar-refractivity contribution in [3.63, 3.8) is 0 Å². The van der Waals surface area contributed by atoms with Crippen LogP contribution < -0.4 is 10.7 Å². The molecule has 2 aliphatic heterocycles. The lowest BCUT2D eigenvalue weighted by Gasteiger charge is -2.34. The van der Waals surface area contributed by atoms with Crippen molar-refractivity contribution in [1.29, 1.82) is 0 Å². The highest BCUT2D eigenvalue weighted by atomic mass is 16.3. The highest BCUT2D eigenvalue weighted by Gasteiger charge is 2.52. The second-order valence-corrected chi connectivity index (χ2v) is 8.21. The zero-order valence-corrected chi connectivity index (χ0v) is 18.7. The molecule has 2 aliphatic rings. The Morgan fingerprint density at radius 2 is 1.76 bits per heavy atom. The fourth-order valence-electron chi connectivity index (χ4n) is 4.22. The van der Waals surface area contributed by atoms with E-state index in [1.807, 2.05) is 11.0 Å². The Morgan fingerprint density at radius 1 is 1.06 bits per heavy atom. The Morgan fingerprint density at radius 3 is 2.36 bits per heavy atom. The van der Waals surface area contributed by atoms with Crippen LogP contribution in [0.4, 0.5) is 4.79 Å². The molecule has 2 aromatic rings. The second-order valence-electron chi connectivity index (χ2n) is 8.21. The van der Waals surface area contributed by atoms with Crippen molar-refractivity contribution in [2.45, 2.75) is 25.8 Å². The van der Waals surface area contributed by atoms with Crippen LogP contribution in [0.25, 0.3) is 0 Å². The van der Waals surface area contributed by atoms with E-state index in [4.69, 9.17) is 4.42 Å². The predicted molar refractivity (Wildman–Crippen MR) is 118 cm³/mol. The number of hydrazine groups is 1. The van der Waals surface area contributed by atoms with E-state index < -0.39 is 23.4 Å². The topological polar surface area (TPSA) is 115 Å². The van der Waals surface area contributed by atoms with Crippen LogP contribution in [0.1, 0.15) is 35.2 Å². The largest absolute Gasteiger partial charge is 0.456 e. The number of carbonyl (C=O) groups excluding carboxylic acids is 4. The number of imide groups is 1. The van der Waals surface area contributed by atoms with E-state index in [0.717, 1.165) is 5.01 Å². The summed E-state index contributed by atoms with van der Waals surface area (Å²) >= 11 is 0. The van der Waals surface area contributed by atoms with Crippen LogP contribution in [0, 0.1) is 6.92 Å². The van der Waals surface area contributed by atoms with E-state index in [-0.39, 0.29) is 12.5 Å². The molecule has 0 bridgehead atoms. The SMILES string of the molecule is CCC1(c2ccccc2)NC(=O)N(NC(=O)CN2CCN(C(=O)c3ccc(C)o3)CC2)C1=O. The molecule has 1 atom stereocenters. The summed E-state index contributed by atoms with van der Waals surface area (Å²) in [5, 5.41) is 3.50. The lowest BCUT2D eigenvalue weighted by atomic mass is 9.87. The summed E-state index contributed by atoms with van der Waals surface area (Å²) in [6.07, 6.45) is 0.346. The van der Waals surface area contributed by atoms with Gasteiger partial charge in [0.2, 0.25) is 0 Å². The van der Waals surface area contributed by atoms with Crippen LogP contribution in [-0.2, 0) is 15.1 Å². The zero-order chi connectivity index (χ0) is 23.6. The first-order valence-corrected chi connectivity index (χ1v) is 10.9. The third kappa shape index (κ3) is 4.34. The summed E-state index contributed by atoms with van der Waals surface area (Å²) in [6, 6.07) is 11.7. The molecule has 0 aliphatic carbocycles. The number of hydrogen-bond acceptors (Lipinski definition) is 6. The van der Waals surface area contributed by atoms with Crippen LogP contribution in [0.2, 0.25) is 0 Å². The Bertz CT molecular complexity index is 1060. The number of aryl methyl sites for hydroxylation is 1. The monoisotopic (exact) mass is 453 g/mol. The van der Waals surface area contributed by atoms with Gasteiger partial charge in [0.1, 0.15) is 11.3 Å². The molecule has 33 heavy (non-hydrogen) atoms. The molecule has 2 fully saturated rings. The number of rotatable bonds is 6. The maximum atomic E-state index is 13.1. The molecule has 2 N–H and O–H groups in total. The molecule has 174 valence electrons.